The fraction of sp³-hybridized carbons (Fsp3) is 0.318. The summed E-state index contributed by atoms with van der Waals surface area (Å²) in [5.41, 5.74) is 1.93. The van der Waals surface area contributed by atoms with Crippen LogP contribution in [0.5, 0.6) is 0 Å². The first-order chi connectivity index (χ1) is 13.0. The van der Waals surface area contributed by atoms with Gasteiger partial charge in [-0.05, 0) is 43.0 Å². The number of carbonyl (C=O) groups excluding carboxylic acids is 3. The summed E-state index contributed by atoms with van der Waals surface area (Å²) in [4.78, 5) is 34.9. The third kappa shape index (κ3) is 8.31. The molecule has 0 fully saturated rings. The van der Waals surface area contributed by atoms with Crippen LogP contribution in [0.25, 0.3) is 0 Å². The maximum Gasteiger partial charge on any atom is 0.337 e. The number of allylic oxidation sites excluding steroid dienone is 3. The Hall–Kier alpha value is -2.95. The summed E-state index contributed by atoms with van der Waals surface area (Å²) in [6, 6.07) is 7.07. The highest BCUT2D eigenvalue weighted by Crippen LogP contribution is 2.10. The maximum atomic E-state index is 12.0. The molecule has 5 heteroatoms. The van der Waals surface area contributed by atoms with Crippen LogP contribution in [0.4, 0.5) is 0 Å². The van der Waals surface area contributed by atoms with Gasteiger partial charge in [0.05, 0.1) is 25.4 Å². The molecule has 0 aliphatic heterocycles. The maximum absolute atomic E-state index is 12.0. The molecule has 0 aliphatic carbocycles. The van der Waals surface area contributed by atoms with E-state index in [9.17, 15) is 14.4 Å². The Morgan fingerprint density at radius 3 is 2.33 bits per heavy atom. The monoisotopic (exact) mass is 370 g/mol. The molecular formula is C22H26O5. The molecular weight excluding hydrogens is 344 g/mol. The molecule has 144 valence electrons. The van der Waals surface area contributed by atoms with Gasteiger partial charge in [-0.3, -0.25) is 4.79 Å². The van der Waals surface area contributed by atoms with E-state index < -0.39 is 5.97 Å². The molecule has 0 spiro atoms. The molecule has 0 saturated carbocycles. The lowest BCUT2D eigenvalue weighted by Crippen LogP contribution is -2.03. The van der Waals surface area contributed by atoms with Gasteiger partial charge in [-0.2, -0.15) is 0 Å². The van der Waals surface area contributed by atoms with Crippen LogP contribution < -0.4 is 0 Å². The van der Waals surface area contributed by atoms with Crippen LogP contribution in [0.1, 0.15) is 41.6 Å². The van der Waals surface area contributed by atoms with E-state index in [1.54, 1.807) is 24.3 Å². The number of unbranched alkanes of at least 4 members (excludes halogenated alkanes) is 1. The van der Waals surface area contributed by atoms with Crippen molar-refractivity contribution in [2.24, 2.45) is 0 Å². The molecule has 0 radical (unpaired) electrons. The van der Waals surface area contributed by atoms with Crippen LogP contribution in [0.3, 0.4) is 0 Å². The van der Waals surface area contributed by atoms with Gasteiger partial charge in [0.1, 0.15) is 5.78 Å². The number of ketones is 1. The summed E-state index contributed by atoms with van der Waals surface area (Å²) in [5.74, 6) is -0.598. The number of esters is 2. The molecule has 0 aliphatic rings. The zero-order valence-electron chi connectivity index (χ0n) is 15.9. The second-order valence-electron chi connectivity index (χ2n) is 5.87. The Balaban J connectivity index is 2.34. The van der Waals surface area contributed by atoms with Crippen LogP contribution in [0.2, 0.25) is 0 Å². The normalized spacial score (nSPS) is 11.3. The lowest BCUT2D eigenvalue weighted by molar-refractivity contribution is -0.135. The fourth-order valence-electron chi connectivity index (χ4n) is 2.40. The summed E-state index contributed by atoms with van der Waals surface area (Å²) in [5, 5.41) is 0. The predicted molar refractivity (Wildman–Crippen MR) is 104 cm³/mol. The van der Waals surface area contributed by atoms with Crippen molar-refractivity contribution in [3.63, 3.8) is 0 Å². The minimum absolute atomic E-state index is 0.190. The zero-order chi connectivity index (χ0) is 20.1. The molecule has 5 nitrogen and oxygen atoms in total. The first-order valence-electron chi connectivity index (χ1n) is 8.78. The molecule has 0 amide bonds. The topological polar surface area (TPSA) is 69.7 Å². The number of rotatable bonds is 11. The number of Topliss-reactive ketones (excluding diaryl/α,β-unsaturated/α-hetero) is 1. The van der Waals surface area contributed by atoms with Gasteiger partial charge in [-0.25, -0.2) is 9.59 Å². The van der Waals surface area contributed by atoms with Crippen molar-refractivity contribution in [1.82, 2.24) is 0 Å². The molecule has 1 rings (SSSR count). The minimum atomic E-state index is -0.416. The lowest BCUT2D eigenvalue weighted by Gasteiger charge is -2.03. The third-order valence-electron chi connectivity index (χ3n) is 3.91. The Morgan fingerprint density at radius 1 is 1.04 bits per heavy atom. The Morgan fingerprint density at radius 2 is 1.74 bits per heavy atom. The van der Waals surface area contributed by atoms with Gasteiger partial charge in [-0.15, -0.1) is 0 Å². The van der Waals surface area contributed by atoms with Gasteiger partial charge < -0.3 is 9.47 Å². The van der Waals surface area contributed by atoms with Gasteiger partial charge >= 0.3 is 11.9 Å². The van der Waals surface area contributed by atoms with Crippen molar-refractivity contribution in [1.29, 1.82) is 0 Å². The summed E-state index contributed by atoms with van der Waals surface area (Å²) in [6.45, 7) is 3.56. The number of benzene rings is 1. The van der Waals surface area contributed by atoms with E-state index in [1.165, 1.54) is 20.3 Å². The van der Waals surface area contributed by atoms with Crippen molar-refractivity contribution in [2.45, 2.75) is 32.1 Å². The predicted octanol–water partition coefficient (Wildman–Crippen LogP) is 3.99. The van der Waals surface area contributed by atoms with E-state index in [4.69, 9.17) is 0 Å². The largest absolute Gasteiger partial charge is 0.465 e. The van der Waals surface area contributed by atoms with Gasteiger partial charge in [0, 0.05) is 12.8 Å². The molecule has 0 unspecified atom stereocenters. The Kier molecular flexibility index (Phi) is 10.2. The standard InChI is InChI=1S/C22H26O5/c1-4-8-18(21(24)26-2)9-6-5-7-10-20(23)16-13-17-11-14-19(15-12-17)22(25)27-3/h4,6,8-9,11-12,14-15H,1,5,7,10,13,16H2,2-3H3/b9-6-,18-8+. The first kappa shape index (κ1) is 22.1. The van der Waals surface area contributed by atoms with Gasteiger partial charge in [0.25, 0.3) is 0 Å². The fourth-order valence-corrected chi connectivity index (χ4v) is 2.40. The lowest BCUT2D eigenvalue weighted by atomic mass is 10.0. The van der Waals surface area contributed by atoms with Crippen LogP contribution in [0.15, 0.2) is 60.7 Å². The van der Waals surface area contributed by atoms with Crippen molar-refractivity contribution in [2.75, 3.05) is 14.2 Å². The van der Waals surface area contributed by atoms with Crippen molar-refractivity contribution < 1.29 is 23.9 Å². The highest BCUT2D eigenvalue weighted by molar-refractivity contribution is 5.91. The highest BCUT2D eigenvalue weighted by Gasteiger charge is 2.07. The molecule has 0 saturated heterocycles. The minimum Gasteiger partial charge on any atom is -0.465 e. The van der Waals surface area contributed by atoms with Gasteiger partial charge in [-0.1, -0.05) is 36.9 Å². The molecule has 0 atom stereocenters. The zero-order valence-corrected chi connectivity index (χ0v) is 15.9. The van der Waals surface area contributed by atoms with Crippen LogP contribution >= 0.6 is 0 Å². The quantitative estimate of drug-likeness (QED) is 0.255. The van der Waals surface area contributed by atoms with Gasteiger partial charge in [0.15, 0.2) is 0 Å². The smallest absolute Gasteiger partial charge is 0.337 e. The van der Waals surface area contributed by atoms with Crippen molar-refractivity contribution in [3.8, 4) is 0 Å². The van der Waals surface area contributed by atoms with Crippen molar-refractivity contribution >= 4 is 17.7 Å². The molecule has 0 heterocycles. The van der Waals surface area contributed by atoms with E-state index in [-0.39, 0.29) is 11.8 Å². The van der Waals surface area contributed by atoms with E-state index in [0.717, 1.165) is 12.0 Å². The molecule has 0 aromatic heterocycles. The first-order valence-corrected chi connectivity index (χ1v) is 8.78. The summed E-state index contributed by atoms with van der Waals surface area (Å²) in [6.07, 6.45) is 9.66. The van der Waals surface area contributed by atoms with E-state index >= 15 is 0 Å². The molecule has 0 N–H and O–H groups in total. The number of hydrogen-bond acceptors (Lipinski definition) is 5. The molecule has 0 bridgehead atoms. The third-order valence-corrected chi connectivity index (χ3v) is 3.91. The van der Waals surface area contributed by atoms with Crippen LogP contribution in [-0.2, 0) is 25.5 Å². The summed E-state index contributed by atoms with van der Waals surface area (Å²) >= 11 is 0. The second kappa shape index (κ2) is 12.4. The number of carbonyl (C=O) groups is 3. The van der Waals surface area contributed by atoms with E-state index in [1.807, 2.05) is 18.2 Å². The number of methoxy groups -OCH3 is 2. The second-order valence-corrected chi connectivity index (χ2v) is 5.87. The number of hydrogen-bond donors (Lipinski definition) is 0. The summed E-state index contributed by atoms with van der Waals surface area (Å²) in [7, 11) is 2.67. The molecule has 1 aromatic rings. The SMILES string of the molecule is C=C/C=C(\C=C/CCCC(=O)CCc1ccc(C(=O)OC)cc1)C(=O)OC. The molecule has 1 aromatic carbocycles. The van der Waals surface area contributed by atoms with E-state index in [2.05, 4.69) is 16.1 Å². The Bertz CT molecular complexity index is 711. The summed E-state index contributed by atoms with van der Waals surface area (Å²) < 4.78 is 9.33. The molecule has 27 heavy (non-hydrogen) atoms. The number of aryl methyl sites for hydroxylation is 1. The highest BCUT2D eigenvalue weighted by atomic mass is 16.5. The average molecular weight is 370 g/mol. The Labute approximate surface area is 160 Å². The van der Waals surface area contributed by atoms with Gasteiger partial charge in [0.2, 0.25) is 0 Å². The van der Waals surface area contributed by atoms with Crippen molar-refractivity contribution in [3.05, 3.63) is 71.8 Å². The van der Waals surface area contributed by atoms with Crippen LogP contribution in [0, 0.1) is 0 Å². The number of ether oxygens (including phenoxy) is 2. The average Bonchev–Trinajstić information content (AvgIpc) is 2.70. The van der Waals surface area contributed by atoms with Crippen LogP contribution in [-0.4, -0.2) is 31.9 Å². The van der Waals surface area contributed by atoms with E-state index in [0.29, 0.717) is 36.8 Å².